The van der Waals surface area contributed by atoms with Crippen molar-refractivity contribution in [3.63, 3.8) is 0 Å². The van der Waals surface area contributed by atoms with Crippen LogP contribution in [0.3, 0.4) is 0 Å². The summed E-state index contributed by atoms with van der Waals surface area (Å²) in [5, 5.41) is 15.9. The van der Waals surface area contributed by atoms with Crippen molar-refractivity contribution in [2.24, 2.45) is 0 Å². The number of hydrogen-bond donors (Lipinski definition) is 2. The quantitative estimate of drug-likeness (QED) is 0.853. The Bertz CT molecular complexity index is 453. The number of carboxylic acids is 1. The van der Waals surface area contributed by atoms with Gasteiger partial charge in [0.05, 0.1) is 0 Å². The fourth-order valence-electron chi connectivity index (χ4n) is 1.45. The lowest BCUT2D eigenvalue weighted by atomic mass is 10.1. The third-order valence-electron chi connectivity index (χ3n) is 2.21. The topological polar surface area (TPSA) is 49.3 Å². The maximum atomic E-state index is 11.2. The molecule has 2 rings (SSSR count). The van der Waals surface area contributed by atoms with Crippen molar-refractivity contribution in [3.05, 3.63) is 52.7 Å². The molecule has 0 amide bonds. The Morgan fingerprint density at radius 2 is 2.00 bits per heavy atom. The minimum Gasteiger partial charge on any atom is -0.479 e. The van der Waals surface area contributed by atoms with Gasteiger partial charge in [0.15, 0.2) is 6.04 Å². The van der Waals surface area contributed by atoms with Gasteiger partial charge in [0, 0.05) is 11.1 Å². The predicted octanol–water partition coefficient (Wildman–Crippen LogP) is 2.99. The van der Waals surface area contributed by atoms with Gasteiger partial charge in [-0.3, -0.25) is 0 Å². The van der Waals surface area contributed by atoms with Crippen molar-refractivity contribution in [1.82, 2.24) is 0 Å². The summed E-state index contributed by atoms with van der Waals surface area (Å²) in [7, 11) is 0. The number of carboxylic acid groups (broad SMARTS) is 1. The van der Waals surface area contributed by atoms with Crippen LogP contribution < -0.4 is 5.32 Å². The van der Waals surface area contributed by atoms with Gasteiger partial charge in [-0.25, -0.2) is 4.79 Å². The molecule has 1 unspecified atom stereocenters. The van der Waals surface area contributed by atoms with Crippen molar-refractivity contribution in [2.45, 2.75) is 6.04 Å². The Morgan fingerprint density at radius 1 is 1.25 bits per heavy atom. The molecule has 0 bridgehead atoms. The first-order chi connectivity index (χ1) is 7.77. The Balaban J connectivity index is 2.22. The van der Waals surface area contributed by atoms with E-state index in [9.17, 15) is 4.79 Å². The minimum atomic E-state index is -0.877. The van der Waals surface area contributed by atoms with Gasteiger partial charge >= 0.3 is 5.97 Å². The SMILES string of the molecule is O=C(O)C(Nc1ccsc1)c1ccccc1. The first kappa shape index (κ1) is 10.7. The van der Waals surface area contributed by atoms with E-state index in [2.05, 4.69) is 5.32 Å². The Hall–Kier alpha value is -1.81. The molecule has 0 aliphatic heterocycles. The molecule has 0 fully saturated rings. The molecule has 3 nitrogen and oxygen atoms in total. The normalized spacial score (nSPS) is 12.0. The lowest BCUT2D eigenvalue weighted by Gasteiger charge is -2.14. The molecule has 0 saturated heterocycles. The number of rotatable bonds is 4. The zero-order valence-electron chi connectivity index (χ0n) is 8.46. The van der Waals surface area contributed by atoms with Gasteiger partial charge in [-0.1, -0.05) is 30.3 Å². The van der Waals surface area contributed by atoms with Crippen LogP contribution in [-0.4, -0.2) is 11.1 Å². The van der Waals surface area contributed by atoms with E-state index in [1.807, 2.05) is 35.0 Å². The van der Waals surface area contributed by atoms with Gasteiger partial charge in [0.25, 0.3) is 0 Å². The van der Waals surface area contributed by atoms with E-state index in [1.54, 1.807) is 12.1 Å². The molecule has 2 aromatic rings. The van der Waals surface area contributed by atoms with Crippen molar-refractivity contribution in [2.75, 3.05) is 5.32 Å². The molecule has 0 radical (unpaired) electrons. The zero-order valence-corrected chi connectivity index (χ0v) is 9.28. The van der Waals surface area contributed by atoms with E-state index in [0.717, 1.165) is 11.3 Å². The molecule has 1 atom stereocenters. The average Bonchev–Trinajstić information content (AvgIpc) is 2.79. The van der Waals surface area contributed by atoms with Crippen LogP contribution in [0.1, 0.15) is 11.6 Å². The third-order valence-corrected chi connectivity index (χ3v) is 2.90. The molecule has 1 heterocycles. The standard InChI is InChI=1S/C12H11NO2S/c14-12(15)11(9-4-2-1-3-5-9)13-10-6-7-16-8-10/h1-8,11,13H,(H,14,15). The second-order valence-corrected chi connectivity index (χ2v) is 4.12. The number of aliphatic carboxylic acids is 1. The molecule has 82 valence electrons. The fourth-order valence-corrected chi connectivity index (χ4v) is 2.04. The maximum absolute atomic E-state index is 11.2. The lowest BCUT2D eigenvalue weighted by molar-refractivity contribution is -0.138. The number of benzene rings is 1. The zero-order chi connectivity index (χ0) is 11.4. The Morgan fingerprint density at radius 3 is 2.56 bits per heavy atom. The largest absolute Gasteiger partial charge is 0.479 e. The van der Waals surface area contributed by atoms with E-state index < -0.39 is 12.0 Å². The van der Waals surface area contributed by atoms with Crippen LogP contribution in [0, 0.1) is 0 Å². The van der Waals surface area contributed by atoms with Gasteiger partial charge in [-0.15, -0.1) is 0 Å². The van der Waals surface area contributed by atoms with Gasteiger partial charge in [0.1, 0.15) is 0 Å². The van der Waals surface area contributed by atoms with Crippen LogP contribution in [0.4, 0.5) is 5.69 Å². The molecule has 16 heavy (non-hydrogen) atoms. The minimum absolute atomic E-state index is 0.698. The molecule has 2 N–H and O–H groups in total. The summed E-state index contributed by atoms with van der Waals surface area (Å²) >= 11 is 1.53. The molecule has 0 saturated carbocycles. The Labute approximate surface area is 97.4 Å². The third kappa shape index (κ3) is 2.41. The molecule has 0 spiro atoms. The van der Waals surface area contributed by atoms with Crippen LogP contribution in [0.15, 0.2) is 47.2 Å². The fraction of sp³-hybridized carbons (Fsp3) is 0.0833. The number of hydrogen-bond acceptors (Lipinski definition) is 3. The van der Waals surface area contributed by atoms with E-state index in [-0.39, 0.29) is 0 Å². The highest BCUT2D eigenvalue weighted by molar-refractivity contribution is 7.08. The van der Waals surface area contributed by atoms with Crippen molar-refractivity contribution in [3.8, 4) is 0 Å². The molecular weight excluding hydrogens is 222 g/mol. The van der Waals surface area contributed by atoms with Crippen LogP contribution >= 0.6 is 11.3 Å². The summed E-state index contributed by atoms with van der Waals surface area (Å²) < 4.78 is 0. The van der Waals surface area contributed by atoms with Crippen LogP contribution in [0.2, 0.25) is 0 Å². The van der Waals surface area contributed by atoms with Crippen molar-refractivity contribution >= 4 is 23.0 Å². The van der Waals surface area contributed by atoms with Gasteiger partial charge in [-0.2, -0.15) is 11.3 Å². The molecule has 0 aliphatic rings. The molecule has 0 aliphatic carbocycles. The second-order valence-electron chi connectivity index (χ2n) is 3.34. The summed E-state index contributed by atoms with van der Waals surface area (Å²) in [6, 6.07) is 10.3. The monoisotopic (exact) mass is 233 g/mol. The average molecular weight is 233 g/mol. The summed E-state index contributed by atoms with van der Waals surface area (Å²) in [6.45, 7) is 0. The van der Waals surface area contributed by atoms with Gasteiger partial charge in [-0.05, 0) is 17.0 Å². The molecular formula is C12H11NO2S. The first-order valence-corrected chi connectivity index (χ1v) is 5.78. The smallest absolute Gasteiger partial charge is 0.330 e. The predicted molar refractivity (Wildman–Crippen MR) is 64.8 cm³/mol. The molecule has 4 heteroatoms. The molecule has 1 aromatic carbocycles. The summed E-state index contributed by atoms with van der Waals surface area (Å²) in [5.74, 6) is -0.877. The maximum Gasteiger partial charge on any atom is 0.330 e. The van der Waals surface area contributed by atoms with E-state index >= 15 is 0 Å². The van der Waals surface area contributed by atoms with Gasteiger partial charge in [0.2, 0.25) is 0 Å². The van der Waals surface area contributed by atoms with E-state index in [4.69, 9.17) is 5.11 Å². The van der Waals surface area contributed by atoms with Crippen LogP contribution in [-0.2, 0) is 4.79 Å². The summed E-state index contributed by atoms with van der Waals surface area (Å²) in [6.07, 6.45) is 0. The summed E-state index contributed by atoms with van der Waals surface area (Å²) in [4.78, 5) is 11.2. The highest BCUT2D eigenvalue weighted by Gasteiger charge is 2.18. The summed E-state index contributed by atoms with van der Waals surface area (Å²) in [5.41, 5.74) is 1.59. The van der Waals surface area contributed by atoms with E-state index in [1.165, 1.54) is 11.3 Å². The van der Waals surface area contributed by atoms with E-state index in [0.29, 0.717) is 0 Å². The highest BCUT2D eigenvalue weighted by atomic mass is 32.1. The number of nitrogens with one attached hydrogen (secondary N) is 1. The van der Waals surface area contributed by atoms with Gasteiger partial charge < -0.3 is 10.4 Å². The highest BCUT2D eigenvalue weighted by Crippen LogP contribution is 2.21. The van der Waals surface area contributed by atoms with Crippen molar-refractivity contribution in [1.29, 1.82) is 0 Å². The number of carbonyl (C=O) groups is 1. The lowest BCUT2D eigenvalue weighted by Crippen LogP contribution is -2.20. The van der Waals surface area contributed by atoms with Crippen molar-refractivity contribution < 1.29 is 9.90 Å². The Kier molecular flexibility index (Phi) is 3.22. The molecule has 1 aromatic heterocycles. The number of thiophene rings is 1. The number of anilines is 1. The van der Waals surface area contributed by atoms with Crippen LogP contribution in [0.5, 0.6) is 0 Å². The van der Waals surface area contributed by atoms with Crippen LogP contribution in [0.25, 0.3) is 0 Å². The second kappa shape index (κ2) is 4.81. The first-order valence-electron chi connectivity index (χ1n) is 4.84.